The topological polar surface area (TPSA) is 93.2 Å². The molecule has 0 N–H and O–H groups in total. The quantitative estimate of drug-likeness (QED) is 0.188. The fourth-order valence-electron chi connectivity index (χ4n) is 4.57. The van der Waals surface area contributed by atoms with Crippen LogP contribution < -0.4 is 9.47 Å². The highest BCUT2D eigenvalue weighted by Crippen LogP contribution is 2.40. The van der Waals surface area contributed by atoms with Gasteiger partial charge in [0.1, 0.15) is 6.54 Å². The van der Waals surface area contributed by atoms with Crippen LogP contribution in [0.25, 0.3) is 16.8 Å². The molecule has 0 unspecified atom stereocenters. The van der Waals surface area contributed by atoms with Crippen molar-refractivity contribution < 1.29 is 28.7 Å². The van der Waals surface area contributed by atoms with E-state index in [1.807, 2.05) is 30.3 Å². The van der Waals surface area contributed by atoms with Crippen LogP contribution in [0.15, 0.2) is 64.0 Å². The third-order valence-corrected chi connectivity index (χ3v) is 7.96. The number of nitrogens with zero attached hydrogens (tertiary/aromatic N) is 2. The zero-order valence-electron chi connectivity index (χ0n) is 21.1. The molecule has 0 aliphatic carbocycles. The Hall–Kier alpha value is -3.63. The molecule has 2 heterocycles. The first kappa shape index (κ1) is 27.0. The lowest BCUT2D eigenvalue weighted by atomic mass is 10.0. The number of benzene rings is 3. The van der Waals surface area contributed by atoms with Crippen LogP contribution in [0.5, 0.6) is 11.5 Å². The van der Waals surface area contributed by atoms with Gasteiger partial charge in [0.05, 0.1) is 21.5 Å². The number of carbonyl (C=O) groups is 4. The summed E-state index contributed by atoms with van der Waals surface area (Å²) in [6.07, 6.45) is 3.42. The molecule has 0 atom stereocenters. The van der Waals surface area contributed by atoms with E-state index in [2.05, 4.69) is 15.9 Å². The molecule has 3 amide bonds. The Morgan fingerprint density at radius 1 is 1.05 bits per heavy atom. The van der Waals surface area contributed by atoms with E-state index in [-0.39, 0.29) is 23.1 Å². The van der Waals surface area contributed by atoms with Gasteiger partial charge in [-0.15, -0.1) is 0 Å². The SMILES string of the molecule is CCOc1cc(/C=C2\SC(=O)N(CC(=O)N3CCCC3)C2=O)cc(Br)c1OC(=O)c1cccc2ccccc12. The Labute approximate surface area is 238 Å². The van der Waals surface area contributed by atoms with Crippen LogP contribution in [0.3, 0.4) is 0 Å². The largest absolute Gasteiger partial charge is 0.490 e. The van der Waals surface area contributed by atoms with E-state index in [0.717, 1.165) is 40.3 Å². The summed E-state index contributed by atoms with van der Waals surface area (Å²) in [5.41, 5.74) is 0.982. The average Bonchev–Trinajstić information content (AvgIpc) is 3.55. The van der Waals surface area contributed by atoms with Crippen molar-refractivity contribution in [3.63, 3.8) is 0 Å². The molecule has 2 saturated heterocycles. The zero-order chi connectivity index (χ0) is 27.5. The summed E-state index contributed by atoms with van der Waals surface area (Å²) in [6.45, 7) is 3.15. The van der Waals surface area contributed by atoms with Crippen molar-refractivity contribution in [2.45, 2.75) is 19.8 Å². The molecule has 10 heteroatoms. The Kier molecular flexibility index (Phi) is 8.04. The number of likely N-dealkylation sites (tertiary alicyclic amines) is 1. The van der Waals surface area contributed by atoms with E-state index >= 15 is 0 Å². The molecule has 8 nitrogen and oxygen atoms in total. The van der Waals surface area contributed by atoms with Crippen LogP contribution in [0, 0.1) is 0 Å². The number of imide groups is 1. The second kappa shape index (κ2) is 11.6. The average molecular weight is 609 g/mol. The number of carbonyl (C=O) groups excluding carboxylic acids is 4. The molecule has 3 aromatic rings. The van der Waals surface area contributed by atoms with Gasteiger partial charge in [0.15, 0.2) is 11.5 Å². The van der Waals surface area contributed by atoms with Crippen molar-refractivity contribution in [2.75, 3.05) is 26.2 Å². The number of hydrogen-bond acceptors (Lipinski definition) is 7. The van der Waals surface area contributed by atoms with Gasteiger partial charge in [-0.3, -0.25) is 19.3 Å². The number of rotatable bonds is 7. The van der Waals surface area contributed by atoms with Gasteiger partial charge < -0.3 is 14.4 Å². The standard InChI is InChI=1S/C29H25BrN2O6S/c1-2-37-23-15-18(16-24-27(34)32(29(36)39-24)17-25(33)31-12-5-6-13-31)14-22(30)26(23)38-28(35)21-11-7-9-19-8-3-4-10-20(19)21/h3-4,7-11,14-16H,2,5-6,12-13,17H2,1H3/b24-16-. The lowest BCUT2D eigenvalue weighted by molar-refractivity contribution is -0.135. The number of thioether (sulfide) groups is 1. The maximum absolute atomic E-state index is 13.2. The molecule has 2 aliphatic heterocycles. The lowest BCUT2D eigenvalue weighted by Crippen LogP contribution is -2.40. The summed E-state index contributed by atoms with van der Waals surface area (Å²) >= 11 is 4.26. The molecule has 200 valence electrons. The van der Waals surface area contributed by atoms with Crippen molar-refractivity contribution in [2.24, 2.45) is 0 Å². The van der Waals surface area contributed by atoms with Crippen LogP contribution in [0.1, 0.15) is 35.7 Å². The van der Waals surface area contributed by atoms with Crippen LogP contribution in [-0.4, -0.2) is 59.1 Å². The molecule has 0 saturated carbocycles. The Morgan fingerprint density at radius 2 is 1.79 bits per heavy atom. The van der Waals surface area contributed by atoms with E-state index in [4.69, 9.17) is 9.47 Å². The van der Waals surface area contributed by atoms with Gasteiger partial charge in [-0.2, -0.15) is 0 Å². The highest BCUT2D eigenvalue weighted by Gasteiger charge is 2.37. The van der Waals surface area contributed by atoms with Crippen molar-refractivity contribution in [3.05, 3.63) is 75.1 Å². The van der Waals surface area contributed by atoms with E-state index in [9.17, 15) is 19.2 Å². The third kappa shape index (κ3) is 5.72. The molecule has 39 heavy (non-hydrogen) atoms. The summed E-state index contributed by atoms with van der Waals surface area (Å²) in [6, 6.07) is 16.3. The van der Waals surface area contributed by atoms with Gasteiger partial charge in [0, 0.05) is 13.1 Å². The molecular formula is C29H25BrN2O6S. The molecule has 3 aromatic carbocycles. The normalized spacial score (nSPS) is 16.4. The minimum absolute atomic E-state index is 0.198. The van der Waals surface area contributed by atoms with Crippen LogP contribution in [0.2, 0.25) is 0 Å². The Balaban J connectivity index is 1.39. The van der Waals surface area contributed by atoms with Gasteiger partial charge in [-0.05, 0) is 88.1 Å². The second-order valence-electron chi connectivity index (χ2n) is 9.03. The fraction of sp³-hybridized carbons (Fsp3) is 0.241. The Bertz CT molecular complexity index is 1510. The summed E-state index contributed by atoms with van der Waals surface area (Å²) in [7, 11) is 0. The monoisotopic (exact) mass is 608 g/mol. The van der Waals surface area contributed by atoms with Crippen LogP contribution >= 0.6 is 27.7 Å². The molecular weight excluding hydrogens is 584 g/mol. The zero-order valence-corrected chi connectivity index (χ0v) is 23.5. The van der Waals surface area contributed by atoms with Crippen molar-refractivity contribution >= 4 is 67.6 Å². The van der Waals surface area contributed by atoms with Gasteiger partial charge in [-0.25, -0.2) is 4.79 Å². The second-order valence-corrected chi connectivity index (χ2v) is 10.9. The van der Waals surface area contributed by atoms with Gasteiger partial charge in [-0.1, -0.05) is 36.4 Å². The first-order valence-electron chi connectivity index (χ1n) is 12.5. The van der Waals surface area contributed by atoms with Crippen molar-refractivity contribution in [3.8, 4) is 11.5 Å². The molecule has 5 rings (SSSR count). The number of esters is 1. The predicted octanol–water partition coefficient (Wildman–Crippen LogP) is 5.88. The predicted molar refractivity (Wildman–Crippen MR) is 153 cm³/mol. The van der Waals surface area contributed by atoms with Crippen LogP contribution in [-0.2, 0) is 9.59 Å². The van der Waals surface area contributed by atoms with E-state index in [0.29, 0.717) is 41.0 Å². The molecule has 0 aromatic heterocycles. The van der Waals surface area contributed by atoms with Crippen LogP contribution in [0.4, 0.5) is 4.79 Å². The van der Waals surface area contributed by atoms with E-state index in [1.54, 1.807) is 42.2 Å². The first-order chi connectivity index (χ1) is 18.9. The highest BCUT2D eigenvalue weighted by atomic mass is 79.9. The molecule has 0 bridgehead atoms. The molecule has 2 aliphatic rings. The summed E-state index contributed by atoms with van der Waals surface area (Å²) in [4.78, 5) is 54.0. The van der Waals surface area contributed by atoms with Crippen molar-refractivity contribution in [1.29, 1.82) is 0 Å². The maximum Gasteiger partial charge on any atom is 0.344 e. The number of fused-ring (bicyclic) bond motifs is 1. The lowest BCUT2D eigenvalue weighted by Gasteiger charge is -2.18. The van der Waals surface area contributed by atoms with Gasteiger partial charge in [0.25, 0.3) is 11.1 Å². The summed E-state index contributed by atoms with van der Waals surface area (Å²) < 4.78 is 12.0. The summed E-state index contributed by atoms with van der Waals surface area (Å²) in [5, 5.41) is 1.21. The smallest absolute Gasteiger partial charge is 0.344 e. The molecule has 0 spiro atoms. The summed E-state index contributed by atoms with van der Waals surface area (Å²) in [5.74, 6) is -0.774. The molecule has 0 radical (unpaired) electrons. The fourth-order valence-corrected chi connectivity index (χ4v) is 5.95. The number of halogens is 1. The van der Waals surface area contributed by atoms with E-state index in [1.165, 1.54) is 0 Å². The van der Waals surface area contributed by atoms with Crippen molar-refractivity contribution in [1.82, 2.24) is 9.80 Å². The molecule has 2 fully saturated rings. The maximum atomic E-state index is 13.2. The van der Waals surface area contributed by atoms with Gasteiger partial charge >= 0.3 is 5.97 Å². The van der Waals surface area contributed by atoms with E-state index < -0.39 is 17.1 Å². The van der Waals surface area contributed by atoms with Gasteiger partial charge in [0.2, 0.25) is 5.91 Å². The minimum atomic E-state index is -0.537. The Morgan fingerprint density at radius 3 is 2.56 bits per heavy atom. The third-order valence-electron chi connectivity index (χ3n) is 6.46. The number of ether oxygens (including phenoxy) is 2. The number of hydrogen-bond donors (Lipinski definition) is 0. The number of amides is 3. The first-order valence-corrected chi connectivity index (χ1v) is 14.2. The highest BCUT2D eigenvalue weighted by molar-refractivity contribution is 9.10. The minimum Gasteiger partial charge on any atom is -0.490 e.